The van der Waals surface area contributed by atoms with Crippen molar-refractivity contribution in [3.63, 3.8) is 0 Å². The number of benzene rings is 1. The monoisotopic (exact) mass is 538 g/mol. The number of methoxy groups -OCH3 is 1. The first-order valence-corrected chi connectivity index (χ1v) is 11.9. The first kappa shape index (κ1) is 26.7. The van der Waals surface area contributed by atoms with Gasteiger partial charge in [0.1, 0.15) is 0 Å². The fraction of sp³-hybridized carbons (Fsp3) is 0.417. The predicted molar refractivity (Wildman–Crippen MR) is 131 cm³/mol. The van der Waals surface area contributed by atoms with Crippen molar-refractivity contribution in [1.29, 1.82) is 0 Å². The molecule has 1 fully saturated rings. The number of nitrogens with one attached hydrogen (secondary N) is 3. The van der Waals surface area contributed by atoms with Crippen molar-refractivity contribution < 1.29 is 27.5 Å². The van der Waals surface area contributed by atoms with Crippen LogP contribution in [0.1, 0.15) is 36.6 Å². The van der Waals surface area contributed by atoms with Gasteiger partial charge in [-0.1, -0.05) is 23.7 Å². The molecular formula is C24H26ClF3N6O3. The van der Waals surface area contributed by atoms with E-state index in [2.05, 4.69) is 26.0 Å². The van der Waals surface area contributed by atoms with Crippen LogP contribution in [0.15, 0.2) is 36.5 Å². The van der Waals surface area contributed by atoms with Gasteiger partial charge >= 0.3 is 6.18 Å². The molecule has 0 bridgehead atoms. The third-order valence-corrected chi connectivity index (χ3v) is 6.74. The highest BCUT2D eigenvalue weighted by Gasteiger charge is 2.52. The maximum atomic E-state index is 14.3. The van der Waals surface area contributed by atoms with Crippen LogP contribution in [-0.2, 0) is 14.3 Å². The molecular weight excluding hydrogens is 513 g/mol. The minimum Gasteiger partial charge on any atom is -0.375 e. The number of nitrogens with zero attached hydrogens (tertiary/aromatic N) is 3. The highest BCUT2D eigenvalue weighted by Crippen LogP contribution is 2.45. The van der Waals surface area contributed by atoms with Crippen LogP contribution in [0.5, 0.6) is 0 Å². The Morgan fingerprint density at radius 2 is 2.00 bits per heavy atom. The van der Waals surface area contributed by atoms with Crippen molar-refractivity contribution in [2.45, 2.75) is 31.5 Å². The fourth-order valence-electron chi connectivity index (χ4n) is 4.74. The number of carbonyl (C=O) groups is 2. The minimum absolute atomic E-state index is 0.0104. The van der Waals surface area contributed by atoms with Gasteiger partial charge in [0.05, 0.1) is 35.5 Å². The van der Waals surface area contributed by atoms with E-state index in [4.69, 9.17) is 16.3 Å². The van der Waals surface area contributed by atoms with E-state index in [1.54, 1.807) is 12.3 Å². The largest absolute Gasteiger partial charge is 0.396 e. The van der Waals surface area contributed by atoms with Crippen LogP contribution in [0, 0.1) is 11.8 Å². The number of alkyl halides is 3. The van der Waals surface area contributed by atoms with Gasteiger partial charge in [0.2, 0.25) is 11.8 Å². The molecule has 13 heteroatoms. The highest BCUT2D eigenvalue weighted by molar-refractivity contribution is 6.29. The van der Waals surface area contributed by atoms with Gasteiger partial charge in [-0.2, -0.15) is 18.3 Å². The molecule has 3 heterocycles. The average molecular weight is 539 g/mol. The van der Waals surface area contributed by atoms with Gasteiger partial charge in [-0.3, -0.25) is 9.59 Å². The molecule has 0 radical (unpaired) electrons. The van der Waals surface area contributed by atoms with E-state index >= 15 is 0 Å². The van der Waals surface area contributed by atoms with Crippen LogP contribution >= 0.6 is 11.6 Å². The first-order valence-electron chi connectivity index (χ1n) is 11.5. The molecule has 1 unspecified atom stereocenters. The molecule has 1 aliphatic rings. The molecule has 37 heavy (non-hydrogen) atoms. The highest BCUT2D eigenvalue weighted by atomic mass is 35.5. The summed E-state index contributed by atoms with van der Waals surface area (Å²) in [5.74, 6) is -5.47. The molecule has 4 rings (SSSR count). The average Bonchev–Trinajstić information content (AvgIpc) is 3.45. The Bertz CT molecular complexity index is 1300. The standard InChI is InChI=1S/C24H26ClF3N6O3/c1-12(37-3)22-16(11-30-18-9-17(25)33-34(18)22)32-15-6-4-13(5-7-15)21(24(26,27)28)20(23(36)29-2)14-8-19(35)31-10-14/h4-7,9,11-12,14,20-21,32H,8,10H2,1-3H3,(H,29,36)(H,31,35)/t12-,14+,20?,21+/m0/s1. The maximum absolute atomic E-state index is 14.3. The molecule has 4 atom stereocenters. The van der Waals surface area contributed by atoms with Crippen LogP contribution in [-0.4, -0.2) is 53.3 Å². The second-order valence-electron chi connectivity index (χ2n) is 8.85. The summed E-state index contributed by atoms with van der Waals surface area (Å²) in [6.45, 7) is 1.82. The summed E-state index contributed by atoms with van der Waals surface area (Å²) in [5, 5.41) is 12.5. The van der Waals surface area contributed by atoms with Gasteiger partial charge in [-0.25, -0.2) is 9.50 Å². The number of fused-ring (bicyclic) bond motifs is 1. The summed E-state index contributed by atoms with van der Waals surface area (Å²) in [4.78, 5) is 28.7. The van der Waals surface area contributed by atoms with Crippen LogP contribution in [0.25, 0.3) is 5.65 Å². The van der Waals surface area contributed by atoms with E-state index in [-0.39, 0.29) is 29.6 Å². The first-order chi connectivity index (χ1) is 17.5. The van der Waals surface area contributed by atoms with Gasteiger partial charge in [-0.05, 0) is 30.5 Å². The molecule has 1 aromatic carbocycles. The Hall–Kier alpha value is -3.38. The van der Waals surface area contributed by atoms with Crippen LogP contribution in [0.3, 0.4) is 0 Å². The summed E-state index contributed by atoms with van der Waals surface area (Å²) in [6, 6.07) is 7.25. The number of amides is 2. The Balaban J connectivity index is 1.68. The number of rotatable bonds is 8. The summed E-state index contributed by atoms with van der Waals surface area (Å²) < 4.78 is 50.0. The number of carbonyl (C=O) groups excluding carboxylic acids is 2. The van der Waals surface area contributed by atoms with Crippen molar-refractivity contribution in [3.8, 4) is 0 Å². The predicted octanol–water partition coefficient (Wildman–Crippen LogP) is 3.98. The van der Waals surface area contributed by atoms with Gasteiger partial charge < -0.3 is 20.7 Å². The zero-order valence-corrected chi connectivity index (χ0v) is 21.0. The molecule has 9 nitrogen and oxygen atoms in total. The fourth-order valence-corrected chi connectivity index (χ4v) is 4.91. The van der Waals surface area contributed by atoms with Crippen LogP contribution < -0.4 is 16.0 Å². The molecule has 198 valence electrons. The number of hydrogen-bond acceptors (Lipinski definition) is 6. The topological polar surface area (TPSA) is 110 Å². The molecule has 0 spiro atoms. The Kier molecular flexibility index (Phi) is 7.60. The Morgan fingerprint density at radius 1 is 1.30 bits per heavy atom. The van der Waals surface area contributed by atoms with Crippen molar-refractivity contribution in [2.24, 2.45) is 11.8 Å². The maximum Gasteiger partial charge on any atom is 0.396 e. The third-order valence-electron chi connectivity index (χ3n) is 6.56. The summed E-state index contributed by atoms with van der Waals surface area (Å²) in [5.41, 5.74) is 2.07. The van der Waals surface area contributed by atoms with Crippen molar-refractivity contribution >= 4 is 40.4 Å². The Morgan fingerprint density at radius 3 is 2.57 bits per heavy atom. The Labute approximate surface area is 215 Å². The molecule has 2 amide bonds. The lowest BCUT2D eigenvalue weighted by Crippen LogP contribution is -2.42. The van der Waals surface area contributed by atoms with Crippen LogP contribution in [0.4, 0.5) is 24.5 Å². The second kappa shape index (κ2) is 10.5. The molecule has 3 aromatic rings. The van der Waals surface area contributed by atoms with Crippen molar-refractivity contribution in [1.82, 2.24) is 25.2 Å². The third kappa shape index (κ3) is 5.49. The summed E-state index contributed by atoms with van der Waals surface area (Å²) in [7, 11) is 2.82. The molecule has 0 saturated carbocycles. The van der Waals surface area contributed by atoms with E-state index in [1.807, 2.05) is 6.92 Å². The van der Waals surface area contributed by atoms with E-state index in [0.717, 1.165) is 0 Å². The van der Waals surface area contributed by atoms with Crippen molar-refractivity contribution in [3.05, 3.63) is 52.9 Å². The zero-order chi connectivity index (χ0) is 26.9. The van der Waals surface area contributed by atoms with Crippen LogP contribution in [0.2, 0.25) is 5.15 Å². The summed E-state index contributed by atoms with van der Waals surface area (Å²) in [6.07, 6.45) is -3.70. The lowest BCUT2D eigenvalue weighted by Gasteiger charge is -2.31. The van der Waals surface area contributed by atoms with Gasteiger partial charge in [-0.15, -0.1) is 0 Å². The number of hydrogen-bond donors (Lipinski definition) is 3. The SMILES string of the molecule is CNC(=O)C([C@H]1CNC(=O)C1)[C@@H](c1ccc(Nc2cnc3cc(Cl)nn3c2[C@H](C)OC)cc1)C(F)(F)F. The lowest BCUT2D eigenvalue weighted by molar-refractivity contribution is -0.172. The molecule has 1 saturated heterocycles. The second-order valence-corrected chi connectivity index (χ2v) is 9.23. The zero-order valence-electron chi connectivity index (χ0n) is 20.3. The molecule has 0 aliphatic carbocycles. The van der Waals surface area contributed by atoms with E-state index < -0.39 is 35.9 Å². The van der Waals surface area contributed by atoms with Gasteiger partial charge in [0.15, 0.2) is 10.8 Å². The number of aromatic nitrogens is 3. The van der Waals surface area contributed by atoms with E-state index in [0.29, 0.717) is 22.7 Å². The quantitative estimate of drug-likeness (QED) is 0.400. The minimum atomic E-state index is -4.72. The summed E-state index contributed by atoms with van der Waals surface area (Å²) >= 11 is 6.04. The number of halogens is 4. The van der Waals surface area contributed by atoms with E-state index in [9.17, 15) is 22.8 Å². The lowest BCUT2D eigenvalue weighted by atomic mass is 9.76. The van der Waals surface area contributed by atoms with Crippen molar-refractivity contribution in [2.75, 3.05) is 26.0 Å². The number of ether oxygens (including phenoxy) is 1. The smallest absolute Gasteiger partial charge is 0.375 e. The number of anilines is 2. The normalized spacial score (nSPS) is 18.4. The molecule has 1 aliphatic heterocycles. The van der Waals surface area contributed by atoms with Gasteiger partial charge in [0, 0.05) is 38.9 Å². The molecule has 2 aromatic heterocycles. The van der Waals surface area contributed by atoms with E-state index in [1.165, 1.54) is 42.9 Å². The van der Waals surface area contributed by atoms with Gasteiger partial charge in [0.25, 0.3) is 0 Å². The molecule has 3 N–H and O–H groups in total.